The minimum absolute atomic E-state index is 0.0877. The standard InChI is InChI=1S/C32H35ClF3N5O4/c33-20-8-9-23(24(15-20)19-4-3-7-22(14-19)44-21-5-1-2-6-21)28(32(34,35)36)45-27-16-26(39-30(37)40-27)41-12-10-31(11-13-41)17-25(29(42)43)38-18-31/h3-4,7-9,14-16,21,25,28,38H,1-2,5-6,10-13,17-18H2,(H,42,43)(H2,37,39,40)/t25-,28?/m0/s1. The molecular weight excluding hydrogens is 611 g/mol. The number of benzene rings is 2. The van der Waals surface area contributed by atoms with E-state index in [1.165, 1.54) is 24.3 Å². The van der Waals surface area contributed by atoms with Gasteiger partial charge in [0.05, 0.1) is 6.10 Å². The molecule has 3 fully saturated rings. The summed E-state index contributed by atoms with van der Waals surface area (Å²) in [6.45, 7) is 1.67. The number of carboxylic acids is 1. The van der Waals surface area contributed by atoms with Crippen molar-refractivity contribution in [1.82, 2.24) is 15.3 Å². The Bertz CT molecular complexity index is 1540. The smallest absolute Gasteiger partial charge is 0.429 e. The molecular formula is C32H35ClF3N5O4. The number of nitrogen functional groups attached to an aromatic ring is 1. The van der Waals surface area contributed by atoms with Crippen LogP contribution in [-0.2, 0) is 4.79 Å². The van der Waals surface area contributed by atoms with Gasteiger partial charge >= 0.3 is 12.1 Å². The lowest BCUT2D eigenvalue weighted by atomic mass is 9.76. The summed E-state index contributed by atoms with van der Waals surface area (Å²) in [7, 11) is 0. The third-order valence-electron chi connectivity index (χ3n) is 9.10. The summed E-state index contributed by atoms with van der Waals surface area (Å²) in [6.07, 6.45) is -1.10. The Morgan fingerprint density at radius 1 is 1.11 bits per heavy atom. The van der Waals surface area contributed by atoms with Gasteiger partial charge in [0.25, 0.3) is 0 Å². The summed E-state index contributed by atoms with van der Waals surface area (Å²) in [5, 5.41) is 12.7. The van der Waals surface area contributed by atoms with Crippen LogP contribution in [0.2, 0.25) is 5.02 Å². The third-order valence-corrected chi connectivity index (χ3v) is 9.33. The van der Waals surface area contributed by atoms with Gasteiger partial charge in [-0.15, -0.1) is 0 Å². The van der Waals surface area contributed by atoms with E-state index in [-0.39, 0.29) is 39.5 Å². The van der Waals surface area contributed by atoms with Crippen LogP contribution in [-0.4, -0.2) is 59.0 Å². The Labute approximate surface area is 263 Å². The number of piperidine rings is 1. The first-order valence-electron chi connectivity index (χ1n) is 15.1. The zero-order valence-corrected chi connectivity index (χ0v) is 25.3. The van der Waals surface area contributed by atoms with E-state index in [0.717, 1.165) is 25.7 Å². The lowest BCUT2D eigenvalue weighted by Crippen LogP contribution is -2.41. The predicted molar refractivity (Wildman–Crippen MR) is 164 cm³/mol. The average molecular weight is 646 g/mol. The van der Waals surface area contributed by atoms with Crippen molar-refractivity contribution in [3.05, 3.63) is 59.1 Å². The first-order chi connectivity index (χ1) is 21.5. The molecule has 3 aliphatic rings. The molecule has 0 amide bonds. The molecule has 6 rings (SSSR count). The molecule has 1 spiro atoms. The number of nitrogens with zero attached hydrogens (tertiary/aromatic N) is 3. The van der Waals surface area contributed by atoms with Crippen LogP contribution in [0, 0.1) is 5.41 Å². The van der Waals surface area contributed by atoms with Gasteiger partial charge in [-0.2, -0.15) is 23.1 Å². The van der Waals surface area contributed by atoms with E-state index in [1.54, 1.807) is 24.3 Å². The summed E-state index contributed by atoms with van der Waals surface area (Å²) < 4.78 is 55.9. The SMILES string of the molecule is Nc1nc(OC(c2ccc(Cl)cc2-c2cccc(OC3CCCC3)c2)C(F)(F)F)cc(N2CCC3(CC2)CN[C@H](C(=O)O)C3)n1. The summed E-state index contributed by atoms with van der Waals surface area (Å²) in [4.78, 5) is 21.6. The van der Waals surface area contributed by atoms with E-state index in [4.69, 9.17) is 26.8 Å². The van der Waals surface area contributed by atoms with Gasteiger partial charge < -0.3 is 30.5 Å². The van der Waals surface area contributed by atoms with Gasteiger partial charge in [-0.3, -0.25) is 4.79 Å². The molecule has 0 radical (unpaired) electrons. The second kappa shape index (κ2) is 12.6. The third kappa shape index (κ3) is 7.06. The molecule has 0 bridgehead atoms. The molecule has 2 saturated heterocycles. The van der Waals surface area contributed by atoms with Crippen molar-refractivity contribution in [1.29, 1.82) is 0 Å². The highest BCUT2D eigenvalue weighted by molar-refractivity contribution is 6.30. The van der Waals surface area contributed by atoms with E-state index in [9.17, 15) is 23.1 Å². The van der Waals surface area contributed by atoms with Crippen LogP contribution in [0.3, 0.4) is 0 Å². The largest absolute Gasteiger partial charge is 0.490 e. The molecule has 3 heterocycles. The number of aromatic nitrogens is 2. The maximum atomic E-state index is 14.7. The predicted octanol–water partition coefficient (Wildman–Crippen LogP) is 6.42. The van der Waals surface area contributed by atoms with Crippen molar-refractivity contribution in [2.45, 2.75) is 69.4 Å². The minimum atomic E-state index is -4.81. The van der Waals surface area contributed by atoms with Crippen molar-refractivity contribution < 1.29 is 32.5 Å². The zero-order valence-electron chi connectivity index (χ0n) is 24.5. The number of alkyl halides is 3. The van der Waals surface area contributed by atoms with Crippen molar-refractivity contribution in [2.24, 2.45) is 5.41 Å². The number of aliphatic carboxylic acids is 1. The molecule has 2 atom stereocenters. The molecule has 1 aromatic heterocycles. The number of ether oxygens (including phenoxy) is 2. The van der Waals surface area contributed by atoms with Crippen molar-refractivity contribution in [2.75, 3.05) is 30.3 Å². The van der Waals surface area contributed by atoms with Crippen molar-refractivity contribution in [3.63, 3.8) is 0 Å². The fraction of sp³-hybridized carbons (Fsp3) is 0.469. The van der Waals surface area contributed by atoms with Gasteiger partial charge in [0, 0.05) is 36.3 Å². The Kier molecular flexibility index (Phi) is 8.71. The average Bonchev–Trinajstić information content (AvgIpc) is 3.66. The number of anilines is 2. The Hall–Kier alpha value is -3.77. The topological polar surface area (TPSA) is 123 Å². The number of carboxylic acid groups (broad SMARTS) is 1. The number of hydrogen-bond donors (Lipinski definition) is 3. The van der Waals surface area contributed by atoms with Crippen LogP contribution in [0.4, 0.5) is 24.9 Å². The van der Waals surface area contributed by atoms with Crippen LogP contribution in [0.5, 0.6) is 11.6 Å². The molecule has 3 aromatic rings. The zero-order chi connectivity index (χ0) is 31.8. The van der Waals surface area contributed by atoms with Crippen molar-refractivity contribution in [3.8, 4) is 22.8 Å². The van der Waals surface area contributed by atoms with Gasteiger partial charge in [-0.05, 0) is 85.8 Å². The number of rotatable bonds is 8. The minimum Gasteiger partial charge on any atom is -0.490 e. The number of carbonyl (C=O) groups is 1. The van der Waals surface area contributed by atoms with E-state index >= 15 is 0 Å². The molecule has 9 nitrogen and oxygen atoms in total. The van der Waals surface area contributed by atoms with E-state index in [0.29, 0.717) is 56.0 Å². The van der Waals surface area contributed by atoms with E-state index in [1.807, 2.05) is 4.90 Å². The van der Waals surface area contributed by atoms with Crippen LogP contribution in [0.25, 0.3) is 11.1 Å². The fourth-order valence-electron chi connectivity index (χ4n) is 6.71. The van der Waals surface area contributed by atoms with Gasteiger partial charge in [0.1, 0.15) is 17.6 Å². The number of nitrogens with one attached hydrogen (secondary N) is 1. The van der Waals surface area contributed by atoms with Gasteiger partial charge in [-0.25, -0.2) is 0 Å². The highest BCUT2D eigenvalue weighted by Crippen LogP contribution is 2.44. The molecule has 2 aliphatic heterocycles. The first-order valence-corrected chi connectivity index (χ1v) is 15.5. The number of nitrogens with two attached hydrogens (primary N) is 1. The summed E-state index contributed by atoms with van der Waals surface area (Å²) >= 11 is 6.29. The number of halogens is 4. The summed E-state index contributed by atoms with van der Waals surface area (Å²) in [5.41, 5.74) is 6.45. The van der Waals surface area contributed by atoms with Crippen molar-refractivity contribution >= 4 is 29.3 Å². The molecule has 45 heavy (non-hydrogen) atoms. The van der Waals surface area contributed by atoms with Crippen LogP contribution < -0.4 is 25.4 Å². The number of hydrogen-bond acceptors (Lipinski definition) is 8. The molecule has 1 aliphatic carbocycles. The Balaban J connectivity index is 1.25. The monoisotopic (exact) mass is 645 g/mol. The highest BCUT2D eigenvalue weighted by atomic mass is 35.5. The first kappa shape index (κ1) is 31.2. The highest BCUT2D eigenvalue weighted by Gasteiger charge is 2.46. The van der Waals surface area contributed by atoms with E-state index < -0.39 is 24.3 Å². The van der Waals surface area contributed by atoms with E-state index in [2.05, 4.69) is 15.3 Å². The maximum Gasteiger partial charge on any atom is 0.429 e. The lowest BCUT2D eigenvalue weighted by molar-refractivity contribution is -0.198. The van der Waals surface area contributed by atoms with Gasteiger partial charge in [-0.1, -0.05) is 29.8 Å². The molecule has 13 heteroatoms. The summed E-state index contributed by atoms with van der Waals surface area (Å²) in [6, 6.07) is 12.0. The second-order valence-electron chi connectivity index (χ2n) is 12.2. The fourth-order valence-corrected chi connectivity index (χ4v) is 6.88. The van der Waals surface area contributed by atoms with Gasteiger partial charge in [0.2, 0.25) is 17.9 Å². The summed E-state index contributed by atoms with van der Waals surface area (Å²) in [5.74, 6) is -0.466. The van der Waals surface area contributed by atoms with Crippen LogP contribution >= 0.6 is 11.6 Å². The molecule has 1 unspecified atom stereocenters. The Morgan fingerprint density at radius 3 is 2.56 bits per heavy atom. The normalized spacial score (nSPS) is 20.8. The van der Waals surface area contributed by atoms with Gasteiger partial charge in [0.15, 0.2) is 0 Å². The molecule has 2 aromatic carbocycles. The quantitative estimate of drug-likeness (QED) is 0.255. The molecule has 4 N–H and O–H groups in total. The van der Waals surface area contributed by atoms with Crippen LogP contribution in [0.1, 0.15) is 56.6 Å². The molecule has 240 valence electrons. The second-order valence-corrected chi connectivity index (χ2v) is 12.6. The molecule has 1 saturated carbocycles. The van der Waals surface area contributed by atoms with Crippen LogP contribution in [0.15, 0.2) is 48.5 Å². The lowest BCUT2D eigenvalue weighted by Gasteiger charge is -2.39. The Morgan fingerprint density at radius 2 is 1.87 bits per heavy atom. The maximum absolute atomic E-state index is 14.7.